The van der Waals surface area contributed by atoms with E-state index in [2.05, 4.69) is 21.2 Å². The van der Waals surface area contributed by atoms with E-state index in [0.717, 1.165) is 16.9 Å². The van der Waals surface area contributed by atoms with Crippen LogP contribution >= 0.6 is 15.9 Å². The van der Waals surface area contributed by atoms with Gasteiger partial charge in [-0.15, -0.1) is 0 Å². The molecule has 7 heteroatoms. The van der Waals surface area contributed by atoms with Crippen molar-refractivity contribution >= 4 is 27.6 Å². The Morgan fingerprint density at radius 3 is 2.52 bits per heavy atom. The highest BCUT2D eigenvalue weighted by Crippen LogP contribution is 2.45. The maximum atomic E-state index is 13.3. The molecule has 2 N–H and O–H groups in total. The highest BCUT2D eigenvalue weighted by Gasteiger charge is 2.38. The lowest BCUT2D eigenvalue weighted by Crippen LogP contribution is -2.38. The quantitative estimate of drug-likeness (QED) is 0.647. The first kappa shape index (κ1) is 21.4. The second kappa shape index (κ2) is 8.75. The van der Waals surface area contributed by atoms with E-state index in [1.807, 2.05) is 31.2 Å². The number of aromatic hydroxyl groups is 1. The van der Waals surface area contributed by atoms with Gasteiger partial charge in [0.15, 0.2) is 17.3 Å². The Bertz CT molecular complexity index is 1060. The number of hydrogen-bond acceptors (Lipinski definition) is 5. The van der Waals surface area contributed by atoms with Gasteiger partial charge in [-0.25, -0.2) is 0 Å². The zero-order valence-electron chi connectivity index (χ0n) is 17.4. The number of ether oxygens (including phenoxy) is 2. The molecule has 0 aromatic heterocycles. The van der Waals surface area contributed by atoms with Crippen molar-refractivity contribution in [1.29, 1.82) is 0 Å². The van der Waals surface area contributed by atoms with Gasteiger partial charge in [0.05, 0.1) is 18.2 Å². The Morgan fingerprint density at radius 2 is 1.84 bits per heavy atom. The highest BCUT2D eigenvalue weighted by atomic mass is 79.9. The molecule has 1 heterocycles. The van der Waals surface area contributed by atoms with Gasteiger partial charge in [0, 0.05) is 30.0 Å². The number of rotatable bonds is 5. The molecular formula is C24H24BrNO5. The first-order valence-electron chi connectivity index (χ1n) is 10.3. The number of halogens is 1. The highest BCUT2D eigenvalue weighted by molar-refractivity contribution is 9.10. The summed E-state index contributed by atoms with van der Waals surface area (Å²) < 4.78 is 11.2. The molecule has 0 fully saturated rings. The monoisotopic (exact) mass is 485 g/mol. The lowest BCUT2D eigenvalue weighted by atomic mass is 9.73. The molecule has 1 aliphatic carbocycles. The van der Waals surface area contributed by atoms with Crippen LogP contribution in [0.3, 0.4) is 0 Å². The zero-order chi connectivity index (χ0) is 22.1. The summed E-state index contributed by atoms with van der Waals surface area (Å²) in [4.78, 5) is 25.8. The largest absolute Gasteiger partial charge is 0.503 e. The molecule has 0 bridgehead atoms. The molecule has 2 aromatic rings. The van der Waals surface area contributed by atoms with Crippen molar-refractivity contribution in [3.63, 3.8) is 0 Å². The van der Waals surface area contributed by atoms with Gasteiger partial charge in [-0.1, -0.05) is 12.1 Å². The maximum Gasteiger partial charge on any atom is 0.225 e. The molecule has 0 unspecified atom stereocenters. The standard InChI is InChI=1S/C24H24BrNO5/c1-3-31-21-11-15(8-18(25)24(21)29)17-12-22(28)26-19-9-14(10-20(27)23(17)19)13-4-6-16(30-2)7-5-13/h4-8,11,14,17,29H,3,9-10,12H2,1-2H3,(H,26,28)/t14-,17-/m1/s1. The molecule has 2 aliphatic rings. The summed E-state index contributed by atoms with van der Waals surface area (Å²) in [5, 5.41) is 13.2. The molecule has 6 nitrogen and oxygen atoms in total. The van der Waals surface area contributed by atoms with Crippen LogP contribution in [0.1, 0.15) is 49.1 Å². The fourth-order valence-corrected chi connectivity index (χ4v) is 4.88. The van der Waals surface area contributed by atoms with Gasteiger partial charge in [0.25, 0.3) is 0 Å². The predicted molar refractivity (Wildman–Crippen MR) is 119 cm³/mol. The minimum atomic E-state index is -0.371. The van der Waals surface area contributed by atoms with Crippen molar-refractivity contribution in [3.05, 3.63) is 63.3 Å². The maximum absolute atomic E-state index is 13.3. The molecule has 1 amide bonds. The van der Waals surface area contributed by atoms with Crippen LogP contribution in [-0.4, -0.2) is 30.5 Å². The fraction of sp³-hybridized carbons (Fsp3) is 0.333. The third-order valence-electron chi connectivity index (χ3n) is 5.88. The average molecular weight is 486 g/mol. The Kier molecular flexibility index (Phi) is 6.05. The van der Waals surface area contributed by atoms with Crippen LogP contribution in [0.2, 0.25) is 0 Å². The Balaban J connectivity index is 1.70. The van der Waals surface area contributed by atoms with Crippen molar-refractivity contribution in [2.45, 2.75) is 38.0 Å². The number of phenols is 1. The van der Waals surface area contributed by atoms with E-state index < -0.39 is 0 Å². The van der Waals surface area contributed by atoms with E-state index in [-0.39, 0.29) is 35.7 Å². The van der Waals surface area contributed by atoms with Crippen molar-refractivity contribution in [2.75, 3.05) is 13.7 Å². The average Bonchev–Trinajstić information content (AvgIpc) is 2.76. The molecular weight excluding hydrogens is 462 g/mol. The summed E-state index contributed by atoms with van der Waals surface area (Å²) >= 11 is 3.36. The summed E-state index contributed by atoms with van der Waals surface area (Å²) in [5.74, 6) is 0.656. The van der Waals surface area contributed by atoms with E-state index in [0.29, 0.717) is 40.9 Å². The number of Topliss-reactive ketones (excluding diaryl/α,β-unsaturated/α-hetero) is 1. The number of allylic oxidation sites excluding steroid dienone is 2. The van der Waals surface area contributed by atoms with Crippen LogP contribution < -0.4 is 14.8 Å². The molecule has 0 radical (unpaired) electrons. The molecule has 1 aliphatic heterocycles. The molecule has 0 saturated carbocycles. The Morgan fingerprint density at radius 1 is 1.10 bits per heavy atom. The predicted octanol–water partition coefficient (Wildman–Crippen LogP) is 4.57. The smallest absolute Gasteiger partial charge is 0.225 e. The van der Waals surface area contributed by atoms with E-state index in [4.69, 9.17) is 9.47 Å². The number of carbonyl (C=O) groups is 2. The van der Waals surface area contributed by atoms with Crippen LogP contribution in [0.4, 0.5) is 0 Å². The minimum Gasteiger partial charge on any atom is -0.503 e. The lowest BCUT2D eigenvalue weighted by molar-refractivity contribution is -0.122. The van der Waals surface area contributed by atoms with Crippen molar-refractivity contribution in [1.82, 2.24) is 5.32 Å². The normalized spacial score (nSPS) is 20.9. The summed E-state index contributed by atoms with van der Waals surface area (Å²) in [5.41, 5.74) is 3.17. The number of hydrogen-bond donors (Lipinski definition) is 2. The van der Waals surface area contributed by atoms with Crippen molar-refractivity contribution in [2.24, 2.45) is 0 Å². The fourth-order valence-electron chi connectivity index (χ4n) is 4.42. The van der Waals surface area contributed by atoms with Crippen LogP contribution in [0.5, 0.6) is 17.2 Å². The Labute approximate surface area is 189 Å². The third kappa shape index (κ3) is 4.19. The second-order valence-corrected chi connectivity index (χ2v) is 8.64. The first-order chi connectivity index (χ1) is 14.9. The van der Waals surface area contributed by atoms with Gasteiger partial charge in [-0.2, -0.15) is 0 Å². The SMILES string of the molecule is CCOc1cc([C@H]2CC(=O)NC3=C2C(=O)C[C@H](c2ccc(OC)cc2)C3)cc(Br)c1O. The summed E-state index contributed by atoms with van der Waals surface area (Å²) in [7, 11) is 1.62. The van der Waals surface area contributed by atoms with Gasteiger partial charge in [-0.3, -0.25) is 9.59 Å². The topological polar surface area (TPSA) is 84.9 Å². The molecule has 0 spiro atoms. The van der Waals surface area contributed by atoms with Crippen molar-refractivity contribution in [3.8, 4) is 17.2 Å². The van der Waals surface area contributed by atoms with Gasteiger partial charge < -0.3 is 19.9 Å². The second-order valence-electron chi connectivity index (χ2n) is 7.78. The molecule has 162 valence electrons. The van der Waals surface area contributed by atoms with Gasteiger partial charge in [-0.05, 0) is 70.6 Å². The summed E-state index contributed by atoms with van der Waals surface area (Å²) in [6, 6.07) is 11.2. The number of methoxy groups -OCH3 is 1. The minimum absolute atomic E-state index is 0.00162. The van der Waals surface area contributed by atoms with E-state index in [1.54, 1.807) is 19.2 Å². The molecule has 2 aromatic carbocycles. The number of phenolic OH excluding ortho intramolecular Hbond substituents is 1. The van der Waals surface area contributed by atoms with Gasteiger partial charge >= 0.3 is 0 Å². The van der Waals surface area contributed by atoms with Crippen LogP contribution in [-0.2, 0) is 9.59 Å². The van der Waals surface area contributed by atoms with Crippen LogP contribution in [0, 0.1) is 0 Å². The number of ketones is 1. The summed E-state index contributed by atoms with van der Waals surface area (Å²) in [6.07, 6.45) is 1.16. The Hall–Kier alpha value is -2.80. The van der Waals surface area contributed by atoms with E-state index >= 15 is 0 Å². The first-order valence-corrected chi connectivity index (χ1v) is 11.1. The van der Waals surface area contributed by atoms with Gasteiger partial charge in [0.2, 0.25) is 5.91 Å². The van der Waals surface area contributed by atoms with Gasteiger partial charge in [0.1, 0.15) is 5.75 Å². The van der Waals surface area contributed by atoms with E-state index in [1.165, 1.54) is 0 Å². The summed E-state index contributed by atoms with van der Waals surface area (Å²) in [6.45, 7) is 2.23. The third-order valence-corrected chi connectivity index (χ3v) is 6.48. The number of benzene rings is 2. The number of carbonyl (C=O) groups excluding carboxylic acids is 2. The lowest BCUT2D eigenvalue weighted by Gasteiger charge is -2.34. The molecule has 4 rings (SSSR count). The van der Waals surface area contributed by atoms with Crippen LogP contribution in [0.15, 0.2) is 52.1 Å². The number of nitrogens with one attached hydrogen (secondary N) is 1. The molecule has 0 saturated heterocycles. The van der Waals surface area contributed by atoms with E-state index in [9.17, 15) is 14.7 Å². The number of amides is 1. The van der Waals surface area contributed by atoms with Crippen LogP contribution in [0.25, 0.3) is 0 Å². The zero-order valence-corrected chi connectivity index (χ0v) is 19.0. The van der Waals surface area contributed by atoms with Crippen molar-refractivity contribution < 1.29 is 24.2 Å². The molecule has 31 heavy (non-hydrogen) atoms. The molecule has 2 atom stereocenters.